The largest absolute Gasteiger partial charge is 0.385 e. The molecule has 2 aliphatic heterocycles. The van der Waals surface area contributed by atoms with Crippen LogP contribution >= 0.6 is 0 Å². The molecule has 1 saturated heterocycles. The predicted molar refractivity (Wildman–Crippen MR) is 110 cm³/mol. The second-order valence-corrected chi connectivity index (χ2v) is 8.19. The topological polar surface area (TPSA) is 54.0 Å². The van der Waals surface area contributed by atoms with E-state index in [4.69, 9.17) is 9.47 Å². The molecule has 6 heteroatoms. The molecule has 0 aromatic heterocycles. The molecule has 1 saturated carbocycles. The molecule has 2 heterocycles. The van der Waals surface area contributed by atoms with Gasteiger partial charge in [0.1, 0.15) is 6.10 Å². The maximum atomic E-state index is 13.2. The minimum Gasteiger partial charge on any atom is -0.385 e. The lowest BCUT2D eigenvalue weighted by Gasteiger charge is -2.34. The number of carbonyl (C=O) groups is 1. The van der Waals surface area contributed by atoms with Gasteiger partial charge in [-0.3, -0.25) is 4.79 Å². The third-order valence-corrected chi connectivity index (χ3v) is 6.17. The molecule has 1 aromatic carbocycles. The second kappa shape index (κ2) is 8.80. The Morgan fingerprint density at radius 3 is 3.00 bits per heavy atom. The maximum absolute atomic E-state index is 13.2. The van der Waals surface area contributed by atoms with E-state index in [1.54, 1.807) is 7.11 Å². The highest BCUT2D eigenvalue weighted by Crippen LogP contribution is 2.37. The van der Waals surface area contributed by atoms with Crippen LogP contribution in [-0.2, 0) is 20.7 Å². The molecule has 4 rings (SSSR count). The zero-order chi connectivity index (χ0) is 19.5. The van der Waals surface area contributed by atoms with Crippen LogP contribution in [0.4, 0.5) is 5.69 Å². The third-order valence-electron chi connectivity index (χ3n) is 6.17. The standard InChI is InChI=1S/C22H33N3O3/c1-16(25(19-5-6-19)22(26)21-15-23-9-13-28-21)17-4-7-20-18(14-17)8-11-24(20)10-3-12-27-2/h4,7,14,16,19,21,23H,3,5-6,8-13,15H2,1-2H3/t16-,21+/m0/s1. The summed E-state index contributed by atoms with van der Waals surface area (Å²) in [5, 5.41) is 3.28. The number of nitrogens with one attached hydrogen (secondary N) is 1. The highest BCUT2D eigenvalue weighted by molar-refractivity contribution is 5.82. The van der Waals surface area contributed by atoms with E-state index in [1.807, 2.05) is 0 Å². The Hall–Kier alpha value is -1.63. The zero-order valence-electron chi connectivity index (χ0n) is 17.2. The average molecular weight is 388 g/mol. The highest BCUT2D eigenvalue weighted by atomic mass is 16.5. The molecule has 0 radical (unpaired) electrons. The van der Waals surface area contributed by atoms with Gasteiger partial charge >= 0.3 is 0 Å². The number of rotatable bonds is 8. The molecule has 2 atom stereocenters. The molecule has 154 valence electrons. The van der Waals surface area contributed by atoms with Crippen molar-refractivity contribution < 1.29 is 14.3 Å². The minimum absolute atomic E-state index is 0.0818. The van der Waals surface area contributed by atoms with E-state index in [-0.39, 0.29) is 18.1 Å². The van der Waals surface area contributed by atoms with Crippen LogP contribution in [0.1, 0.15) is 43.4 Å². The van der Waals surface area contributed by atoms with Gasteiger partial charge < -0.3 is 24.6 Å². The fraction of sp³-hybridized carbons (Fsp3) is 0.682. The van der Waals surface area contributed by atoms with Gasteiger partial charge in [0.25, 0.3) is 5.91 Å². The van der Waals surface area contributed by atoms with Crippen molar-refractivity contribution >= 4 is 11.6 Å². The average Bonchev–Trinajstić information content (AvgIpc) is 3.48. The fourth-order valence-electron chi connectivity index (χ4n) is 4.47. The SMILES string of the molecule is COCCCN1CCc2cc([C@H](C)N(C(=O)[C@H]3CNCCO3)C3CC3)ccc21. The van der Waals surface area contributed by atoms with Crippen molar-refractivity contribution in [2.24, 2.45) is 0 Å². The van der Waals surface area contributed by atoms with E-state index in [2.05, 4.69) is 40.2 Å². The molecule has 6 nitrogen and oxygen atoms in total. The summed E-state index contributed by atoms with van der Waals surface area (Å²) >= 11 is 0. The Balaban J connectivity index is 1.47. The van der Waals surface area contributed by atoms with Crippen molar-refractivity contribution in [3.63, 3.8) is 0 Å². The Kier molecular flexibility index (Phi) is 6.19. The van der Waals surface area contributed by atoms with Crippen molar-refractivity contribution in [2.75, 3.05) is 51.4 Å². The molecule has 1 aliphatic carbocycles. The molecule has 0 spiro atoms. The molecule has 28 heavy (non-hydrogen) atoms. The van der Waals surface area contributed by atoms with E-state index < -0.39 is 0 Å². The summed E-state index contributed by atoms with van der Waals surface area (Å²) in [6, 6.07) is 7.22. The number of methoxy groups -OCH3 is 1. The van der Waals surface area contributed by atoms with Gasteiger partial charge in [0.05, 0.1) is 12.6 Å². The number of morpholine rings is 1. The van der Waals surface area contributed by atoms with Crippen LogP contribution in [0, 0.1) is 0 Å². The van der Waals surface area contributed by atoms with Gasteiger partial charge in [0, 0.05) is 51.6 Å². The number of carbonyl (C=O) groups excluding carboxylic acids is 1. The summed E-state index contributed by atoms with van der Waals surface area (Å²) < 4.78 is 10.9. The normalized spacial score (nSPS) is 22.8. The van der Waals surface area contributed by atoms with Crippen LogP contribution in [0.15, 0.2) is 18.2 Å². The summed E-state index contributed by atoms with van der Waals surface area (Å²) in [6.45, 7) is 7.14. The lowest BCUT2D eigenvalue weighted by atomic mass is 10.0. The molecule has 0 bridgehead atoms. The number of amides is 1. The van der Waals surface area contributed by atoms with Crippen molar-refractivity contribution in [3.05, 3.63) is 29.3 Å². The number of fused-ring (bicyclic) bond motifs is 1. The van der Waals surface area contributed by atoms with E-state index in [9.17, 15) is 4.79 Å². The van der Waals surface area contributed by atoms with Gasteiger partial charge in [-0.2, -0.15) is 0 Å². The number of ether oxygens (including phenoxy) is 2. The molecular weight excluding hydrogens is 354 g/mol. The Morgan fingerprint density at radius 1 is 1.43 bits per heavy atom. The zero-order valence-corrected chi connectivity index (χ0v) is 17.2. The number of hydrogen-bond acceptors (Lipinski definition) is 5. The van der Waals surface area contributed by atoms with Crippen LogP contribution in [0.25, 0.3) is 0 Å². The van der Waals surface area contributed by atoms with Gasteiger partial charge in [-0.15, -0.1) is 0 Å². The van der Waals surface area contributed by atoms with Crippen LogP contribution in [0.2, 0.25) is 0 Å². The summed E-state index contributed by atoms with van der Waals surface area (Å²) in [5.74, 6) is 0.142. The molecule has 2 fully saturated rings. The first-order valence-electron chi connectivity index (χ1n) is 10.7. The Morgan fingerprint density at radius 2 is 2.29 bits per heavy atom. The molecule has 1 aromatic rings. The molecule has 1 amide bonds. The predicted octanol–water partition coefficient (Wildman–Crippen LogP) is 2.13. The Labute approximate surface area is 168 Å². The van der Waals surface area contributed by atoms with E-state index in [1.165, 1.54) is 16.8 Å². The summed E-state index contributed by atoms with van der Waals surface area (Å²) in [5.41, 5.74) is 3.98. The van der Waals surface area contributed by atoms with Gasteiger partial charge in [-0.05, 0) is 49.8 Å². The molecular formula is C22H33N3O3. The van der Waals surface area contributed by atoms with Gasteiger partial charge in [0.2, 0.25) is 0 Å². The summed E-state index contributed by atoms with van der Waals surface area (Å²) in [7, 11) is 1.76. The minimum atomic E-state index is -0.345. The lowest BCUT2D eigenvalue weighted by Crippen LogP contribution is -2.50. The summed E-state index contributed by atoms with van der Waals surface area (Å²) in [4.78, 5) is 17.7. The van der Waals surface area contributed by atoms with Crippen molar-refractivity contribution in [1.29, 1.82) is 0 Å². The number of nitrogens with zero attached hydrogens (tertiary/aromatic N) is 2. The smallest absolute Gasteiger partial charge is 0.253 e. The van der Waals surface area contributed by atoms with Crippen LogP contribution in [0.3, 0.4) is 0 Å². The summed E-state index contributed by atoms with van der Waals surface area (Å²) in [6.07, 6.45) is 3.99. The fourth-order valence-corrected chi connectivity index (χ4v) is 4.47. The monoisotopic (exact) mass is 387 g/mol. The van der Waals surface area contributed by atoms with Crippen molar-refractivity contribution in [1.82, 2.24) is 10.2 Å². The number of anilines is 1. The third kappa shape index (κ3) is 4.19. The molecule has 0 unspecified atom stereocenters. The van der Waals surface area contributed by atoms with E-state index in [0.717, 1.165) is 51.9 Å². The lowest BCUT2D eigenvalue weighted by molar-refractivity contribution is -0.148. The van der Waals surface area contributed by atoms with E-state index >= 15 is 0 Å². The number of hydrogen-bond donors (Lipinski definition) is 1. The molecule has 3 aliphatic rings. The van der Waals surface area contributed by atoms with Crippen LogP contribution in [0.5, 0.6) is 0 Å². The van der Waals surface area contributed by atoms with Gasteiger partial charge in [-0.1, -0.05) is 12.1 Å². The van der Waals surface area contributed by atoms with Crippen LogP contribution in [-0.4, -0.2) is 69.5 Å². The highest BCUT2D eigenvalue weighted by Gasteiger charge is 2.40. The first-order chi connectivity index (χ1) is 13.7. The first kappa shape index (κ1) is 19.7. The van der Waals surface area contributed by atoms with Crippen molar-refractivity contribution in [3.8, 4) is 0 Å². The number of benzene rings is 1. The van der Waals surface area contributed by atoms with Gasteiger partial charge in [0.15, 0.2) is 0 Å². The van der Waals surface area contributed by atoms with Crippen LogP contribution < -0.4 is 10.2 Å². The Bertz CT molecular complexity index is 686. The molecule has 1 N–H and O–H groups in total. The maximum Gasteiger partial charge on any atom is 0.253 e. The van der Waals surface area contributed by atoms with Crippen molar-refractivity contribution in [2.45, 2.75) is 50.8 Å². The first-order valence-corrected chi connectivity index (χ1v) is 10.7. The van der Waals surface area contributed by atoms with E-state index in [0.29, 0.717) is 19.2 Å². The quantitative estimate of drug-likeness (QED) is 0.693. The van der Waals surface area contributed by atoms with Gasteiger partial charge in [-0.25, -0.2) is 0 Å². The second-order valence-electron chi connectivity index (χ2n) is 8.19.